The first-order chi connectivity index (χ1) is 10.5. The molecule has 2 N–H and O–H groups in total. The largest absolute Gasteiger partial charge is 0.497 e. The Morgan fingerprint density at radius 1 is 1.41 bits per heavy atom. The van der Waals surface area contributed by atoms with E-state index in [1.54, 1.807) is 13.3 Å². The van der Waals surface area contributed by atoms with Crippen LogP contribution in [0.2, 0.25) is 0 Å². The summed E-state index contributed by atoms with van der Waals surface area (Å²) in [5, 5.41) is 11.9. The Bertz CT molecular complexity index is 708. The van der Waals surface area contributed by atoms with E-state index in [2.05, 4.69) is 20.9 Å². The van der Waals surface area contributed by atoms with Crippen molar-refractivity contribution in [3.63, 3.8) is 0 Å². The highest BCUT2D eigenvalue weighted by Crippen LogP contribution is 2.16. The number of hydrazone groups is 1. The van der Waals surface area contributed by atoms with E-state index in [-0.39, 0.29) is 0 Å². The minimum Gasteiger partial charge on any atom is -0.497 e. The maximum atomic E-state index is 5.20. The molecule has 0 radical (unpaired) electrons. The van der Waals surface area contributed by atoms with Crippen LogP contribution in [0.3, 0.4) is 0 Å². The maximum absolute atomic E-state index is 5.20. The number of hydrogen-bond donors (Lipinski definition) is 2. The lowest BCUT2D eigenvalue weighted by Gasteiger charge is -2.08. The van der Waals surface area contributed by atoms with Gasteiger partial charge < -0.3 is 10.1 Å². The topological polar surface area (TPSA) is 63.5 Å². The number of ether oxygens (including phenoxy) is 1. The Hall–Kier alpha value is -2.41. The number of aryl methyl sites for hydroxylation is 2. The van der Waals surface area contributed by atoms with Crippen molar-refractivity contribution < 1.29 is 4.74 Å². The molecular weight excluding hydrogens is 298 g/mol. The number of thiocarbonyl (C=S) groups is 1. The van der Waals surface area contributed by atoms with Crippen LogP contribution in [0, 0.1) is 13.8 Å². The Labute approximate surface area is 135 Å². The van der Waals surface area contributed by atoms with Gasteiger partial charge in [0, 0.05) is 30.1 Å². The van der Waals surface area contributed by atoms with Crippen molar-refractivity contribution in [2.45, 2.75) is 13.8 Å². The average molecular weight is 317 g/mol. The second-order valence-electron chi connectivity index (χ2n) is 4.76. The summed E-state index contributed by atoms with van der Waals surface area (Å²) in [5.41, 5.74) is 6.59. The molecule has 0 saturated heterocycles. The molecule has 7 heteroatoms. The van der Waals surface area contributed by atoms with Gasteiger partial charge >= 0.3 is 0 Å². The van der Waals surface area contributed by atoms with Crippen molar-refractivity contribution in [1.29, 1.82) is 0 Å². The Morgan fingerprint density at radius 3 is 2.82 bits per heavy atom. The predicted octanol–water partition coefficient (Wildman–Crippen LogP) is 2.37. The summed E-state index contributed by atoms with van der Waals surface area (Å²) in [6.45, 7) is 3.94. The van der Waals surface area contributed by atoms with Crippen molar-refractivity contribution >= 4 is 29.2 Å². The minimum absolute atomic E-state index is 0.406. The third kappa shape index (κ3) is 3.82. The third-order valence-corrected chi connectivity index (χ3v) is 3.45. The molecule has 0 aliphatic heterocycles. The molecule has 2 rings (SSSR count). The molecule has 116 valence electrons. The number of nitrogens with one attached hydrogen (secondary N) is 2. The molecule has 1 aromatic carbocycles. The molecule has 1 aromatic heterocycles. The van der Waals surface area contributed by atoms with Gasteiger partial charge in [-0.1, -0.05) is 6.07 Å². The van der Waals surface area contributed by atoms with Crippen LogP contribution in [0.1, 0.15) is 17.0 Å². The van der Waals surface area contributed by atoms with Crippen LogP contribution in [0.4, 0.5) is 5.69 Å². The number of nitrogens with zero attached hydrogens (tertiary/aromatic N) is 3. The zero-order valence-corrected chi connectivity index (χ0v) is 13.9. The van der Waals surface area contributed by atoms with Gasteiger partial charge in [0.1, 0.15) is 5.75 Å². The molecule has 0 bridgehead atoms. The zero-order valence-electron chi connectivity index (χ0n) is 13.0. The monoisotopic (exact) mass is 317 g/mol. The first-order valence-corrected chi connectivity index (χ1v) is 7.16. The normalized spacial score (nSPS) is 10.7. The highest BCUT2D eigenvalue weighted by molar-refractivity contribution is 7.80. The van der Waals surface area contributed by atoms with Crippen LogP contribution >= 0.6 is 12.2 Å². The van der Waals surface area contributed by atoms with E-state index >= 15 is 0 Å². The van der Waals surface area contributed by atoms with Gasteiger partial charge in [-0.25, -0.2) is 0 Å². The van der Waals surface area contributed by atoms with Gasteiger partial charge in [-0.2, -0.15) is 10.2 Å². The summed E-state index contributed by atoms with van der Waals surface area (Å²) >= 11 is 5.20. The Morgan fingerprint density at radius 2 is 2.18 bits per heavy atom. The molecule has 2 aromatic rings. The van der Waals surface area contributed by atoms with Gasteiger partial charge in [-0.3, -0.25) is 10.1 Å². The number of rotatable bonds is 4. The number of methoxy groups -OCH3 is 1. The van der Waals surface area contributed by atoms with Gasteiger partial charge in [0.2, 0.25) is 0 Å². The molecule has 0 spiro atoms. The molecule has 0 atom stereocenters. The fourth-order valence-corrected chi connectivity index (χ4v) is 2.16. The zero-order chi connectivity index (χ0) is 16.1. The van der Waals surface area contributed by atoms with Crippen molar-refractivity contribution in [1.82, 2.24) is 15.2 Å². The molecule has 1 heterocycles. The van der Waals surface area contributed by atoms with Gasteiger partial charge in [0.25, 0.3) is 0 Å². The van der Waals surface area contributed by atoms with Crippen LogP contribution in [0.15, 0.2) is 29.4 Å². The fourth-order valence-electron chi connectivity index (χ4n) is 1.99. The lowest BCUT2D eigenvalue weighted by Crippen LogP contribution is -2.23. The van der Waals surface area contributed by atoms with Gasteiger partial charge in [0.05, 0.1) is 19.0 Å². The summed E-state index contributed by atoms with van der Waals surface area (Å²) in [7, 11) is 3.53. The third-order valence-electron chi connectivity index (χ3n) is 3.25. The summed E-state index contributed by atoms with van der Waals surface area (Å²) in [6, 6.07) is 7.51. The lowest BCUT2D eigenvalue weighted by molar-refractivity contribution is 0.415. The first-order valence-electron chi connectivity index (χ1n) is 6.75. The van der Waals surface area contributed by atoms with E-state index in [1.165, 1.54) is 0 Å². The molecule has 0 fully saturated rings. The van der Waals surface area contributed by atoms with Crippen molar-refractivity contribution in [3.8, 4) is 5.75 Å². The number of anilines is 1. The van der Waals surface area contributed by atoms with Gasteiger partial charge in [-0.15, -0.1) is 0 Å². The van der Waals surface area contributed by atoms with Crippen LogP contribution in [0.5, 0.6) is 5.75 Å². The van der Waals surface area contributed by atoms with E-state index in [0.29, 0.717) is 5.11 Å². The standard InChI is InChI=1S/C15H19N5OS/c1-10-14(11(2)20(3)19-10)9-16-18-15(22)17-12-6-5-7-13(8-12)21-4/h5-9H,1-4H3,(H2,17,18,22)/b16-9+. The van der Waals surface area contributed by atoms with E-state index in [0.717, 1.165) is 28.4 Å². The highest BCUT2D eigenvalue weighted by atomic mass is 32.1. The molecule has 0 aliphatic carbocycles. The summed E-state index contributed by atoms with van der Waals surface area (Å²) < 4.78 is 6.98. The van der Waals surface area contributed by atoms with E-state index in [4.69, 9.17) is 17.0 Å². The molecule has 6 nitrogen and oxygen atoms in total. The first kappa shape index (κ1) is 16.0. The second-order valence-corrected chi connectivity index (χ2v) is 5.17. The Kier molecular flexibility index (Phi) is 5.11. The molecule has 0 aliphatic rings. The average Bonchev–Trinajstić information content (AvgIpc) is 2.73. The van der Waals surface area contributed by atoms with Crippen LogP contribution in [-0.2, 0) is 7.05 Å². The number of aromatic nitrogens is 2. The van der Waals surface area contributed by atoms with Crippen LogP contribution in [0.25, 0.3) is 0 Å². The van der Waals surface area contributed by atoms with E-state index in [1.807, 2.05) is 49.8 Å². The molecular formula is C15H19N5OS. The molecule has 22 heavy (non-hydrogen) atoms. The Balaban J connectivity index is 1.96. The SMILES string of the molecule is COc1cccc(NC(=S)N/N=C/c2c(C)nn(C)c2C)c1. The lowest BCUT2D eigenvalue weighted by atomic mass is 10.2. The van der Waals surface area contributed by atoms with E-state index < -0.39 is 0 Å². The van der Waals surface area contributed by atoms with Crippen LogP contribution in [-0.4, -0.2) is 28.2 Å². The molecule has 0 saturated carbocycles. The predicted molar refractivity (Wildman–Crippen MR) is 92.6 cm³/mol. The number of hydrogen-bond acceptors (Lipinski definition) is 4. The molecule has 0 amide bonds. The van der Waals surface area contributed by atoms with E-state index in [9.17, 15) is 0 Å². The molecule has 0 unspecified atom stereocenters. The van der Waals surface area contributed by atoms with Crippen molar-refractivity contribution in [3.05, 3.63) is 41.2 Å². The van der Waals surface area contributed by atoms with Gasteiger partial charge in [-0.05, 0) is 38.2 Å². The van der Waals surface area contributed by atoms with Gasteiger partial charge in [0.15, 0.2) is 5.11 Å². The summed E-state index contributed by atoms with van der Waals surface area (Å²) in [6.07, 6.45) is 1.72. The minimum atomic E-state index is 0.406. The maximum Gasteiger partial charge on any atom is 0.191 e. The fraction of sp³-hybridized carbons (Fsp3) is 0.267. The second kappa shape index (κ2) is 7.04. The van der Waals surface area contributed by atoms with Crippen LogP contribution < -0.4 is 15.5 Å². The summed E-state index contributed by atoms with van der Waals surface area (Å²) in [4.78, 5) is 0. The smallest absolute Gasteiger partial charge is 0.191 e. The number of benzene rings is 1. The van der Waals surface area contributed by atoms with Crippen molar-refractivity contribution in [2.24, 2.45) is 12.1 Å². The quantitative estimate of drug-likeness (QED) is 0.515. The summed E-state index contributed by atoms with van der Waals surface area (Å²) in [5.74, 6) is 0.762. The van der Waals surface area contributed by atoms with Crippen molar-refractivity contribution in [2.75, 3.05) is 12.4 Å². The highest BCUT2D eigenvalue weighted by Gasteiger charge is 2.06.